The van der Waals surface area contributed by atoms with E-state index < -0.39 is 0 Å². The van der Waals surface area contributed by atoms with Crippen LogP contribution >= 0.6 is 0 Å². The van der Waals surface area contributed by atoms with Gasteiger partial charge in [-0.2, -0.15) is 0 Å². The van der Waals surface area contributed by atoms with Crippen LogP contribution in [0.3, 0.4) is 0 Å². The van der Waals surface area contributed by atoms with Crippen molar-refractivity contribution >= 4 is 11.6 Å². The van der Waals surface area contributed by atoms with Crippen LogP contribution < -0.4 is 0 Å². The first kappa shape index (κ1) is 18.3. The molecule has 0 bridgehead atoms. The van der Waals surface area contributed by atoms with Crippen molar-refractivity contribution in [2.45, 2.75) is 74.7 Å². The average molecular weight is 268 g/mol. The van der Waals surface area contributed by atoms with Gasteiger partial charge in [-0.05, 0) is 18.8 Å². The van der Waals surface area contributed by atoms with Gasteiger partial charge in [0.2, 0.25) is 0 Å². The summed E-state index contributed by atoms with van der Waals surface area (Å²) in [7, 11) is 0. The second kappa shape index (κ2) is 6.67. The van der Waals surface area contributed by atoms with E-state index in [1.807, 2.05) is 41.5 Å². The number of Topliss-reactive ketones (excluding diaryl/α,β-unsaturated/α-hetero) is 2. The number of ketones is 2. The molecule has 0 fully saturated rings. The second-order valence-electron chi connectivity index (χ2n) is 8.15. The van der Waals surface area contributed by atoms with E-state index in [9.17, 15) is 9.59 Å². The highest BCUT2D eigenvalue weighted by Crippen LogP contribution is 2.29. The fraction of sp³-hybridized carbons (Fsp3) is 0.882. The maximum absolute atomic E-state index is 12.5. The standard InChI is InChI=1S/C17H32O2/c1-12(2)11-13(15(19)17(6,7)8)9-10-14(18)16(3,4)5/h12-13H,9-11H2,1-8H3/t13-/m0/s1. The lowest BCUT2D eigenvalue weighted by Crippen LogP contribution is -2.30. The van der Waals surface area contributed by atoms with E-state index in [1.165, 1.54) is 0 Å². The lowest BCUT2D eigenvalue weighted by atomic mass is 9.76. The summed E-state index contributed by atoms with van der Waals surface area (Å²) < 4.78 is 0. The molecular weight excluding hydrogens is 236 g/mol. The van der Waals surface area contributed by atoms with Crippen molar-refractivity contribution in [2.24, 2.45) is 22.7 Å². The SMILES string of the molecule is CC(C)C[C@H](CCC(=O)C(C)(C)C)C(=O)C(C)(C)C. The molecular formula is C17H32O2. The molecule has 112 valence electrons. The third-order valence-corrected chi connectivity index (χ3v) is 3.42. The highest BCUT2D eigenvalue weighted by Gasteiger charge is 2.31. The Morgan fingerprint density at radius 1 is 0.895 bits per heavy atom. The molecule has 0 amide bonds. The maximum atomic E-state index is 12.5. The van der Waals surface area contributed by atoms with Crippen molar-refractivity contribution < 1.29 is 9.59 Å². The molecule has 2 nitrogen and oxygen atoms in total. The summed E-state index contributed by atoms with van der Waals surface area (Å²) in [5.74, 6) is 1.05. The predicted octanol–water partition coefficient (Wildman–Crippen LogP) is 4.66. The molecule has 0 N–H and O–H groups in total. The number of hydrogen-bond acceptors (Lipinski definition) is 2. The topological polar surface area (TPSA) is 34.1 Å². The number of rotatable bonds is 6. The molecule has 0 aliphatic heterocycles. The zero-order valence-electron chi connectivity index (χ0n) is 14.1. The zero-order chi connectivity index (χ0) is 15.4. The van der Waals surface area contributed by atoms with Crippen LogP contribution in [0.25, 0.3) is 0 Å². The monoisotopic (exact) mass is 268 g/mol. The lowest BCUT2D eigenvalue weighted by Gasteiger charge is -2.26. The van der Waals surface area contributed by atoms with Crippen LogP contribution in [0, 0.1) is 22.7 Å². The first-order valence-corrected chi connectivity index (χ1v) is 7.43. The van der Waals surface area contributed by atoms with Gasteiger partial charge in [0, 0.05) is 23.2 Å². The molecule has 0 spiro atoms. The number of carbonyl (C=O) groups excluding carboxylic acids is 2. The molecule has 2 heteroatoms. The van der Waals surface area contributed by atoms with Crippen LogP contribution in [-0.4, -0.2) is 11.6 Å². The molecule has 0 aliphatic rings. The number of hydrogen-bond donors (Lipinski definition) is 0. The Hall–Kier alpha value is -0.660. The fourth-order valence-corrected chi connectivity index (χ4v) is 2.22. The van der Waals surface area contributed by atoms with Gasteiger partial charge in [-0.3, -0.25) is 9.59 Å². The third kappa shape index (κ3) is 6.89. The summed E-state index contributed by atoms with van der Waals surface area (Å²) in [6.07, 6.45) is 2.10. The molecule has 0 rings (SSSR count). The Morgan fingerprint density at radius 2 is 1.37 bits per heavy atom. The van der Waals surface area contributed by atoms with Gasteiger partial charge in [-0.15, -0.1) is 0 Å². The predicted molar refractivity (Wildman–Crippen MR) is 81.1 cm³/mol. The molecule has 0 aliphatic carbocycles. The second-order valence-corrected chi connectivity index (χ2v) is 8.15. The van der Waals surface area contributed by atoms with Crippen LogP contribution in [0.2, 0.25) is 0 Å². The van der Waals surface area contributed by atoms with Crippen LogP contribution in [0.4, 0.5) is 0 Å². The first-order valence-electron chi connectivity index (χ1n) is 7.43. The molecule has 0 heterocycles. The number of carbonyl (C=O) groups is 2. The van der Waals surface area contributed by atoms with E-state index in [0.29, 0.717) is 24.5 Å². The van der Waals surface area contributed by atoms with Gasteiger partial charge in [0.25, 0.3) is 0 Å². The van der Waals surface area contributed by atoms with Crippen molar-refractivity contribution in [1.29, 1.82) is 0 Å². The van der Waals surface area contributed by atoms with Crippen LogP contribution in [-0.2, 0) is 9.59 Å². The Bertz CT molecular complexity index is 313. The van der Waals surface area contributed by atoms with Crippen molar-refractivity contribution in [2.75, 3.05) is 0 Å². The van der Waals surface area contributed by atoms with E-state index in [2.05, 4.69) is 13.8 Å². The summed E-state index contributed by atoms with van der Waals surface area (Å²) in [4.78, 5) is 24.5. The van der Waals surface area contributed by atoms with Gasteiger partial charge < -0.3 is 0 Å². The molecule has 0 saturated heterocycles. The van der Waals surface area contributed by atoms with Gasteiger partial charge in [-0.25, -0.2) is 0 Å². The van der Waals surface area contributed by atoms with Gasteiger partial charge in [0.05, 0.1) is 0 Å². The first-order chi connectivity index (χ1) is 8.35. The third-order valence-electron chi connectivity index (χ3n) is 3.42. The van der Waals surface area contributed by atoms with Crippen LogP contribution in [0.5, 0.6) is 0 Å². The van der Waals surface area contributed by atoms with Crippen molar-refractivity contribution in [3.05, 3.63) is 0 Å². The van der Waals surface area contributed by atoms with Gasteiger partial charge in [-0.1, -0.05) is 55.4 Å². The Morgan fingerprint density at radius 3 is 1.68 bits per heavy atom. The van der Waals surface area contributed by atoms with Gasteiger partial charge in [0.1, 0.15) is 11.6 Å². The Balaban J connectivity index is 4.72. The van der Waals surface area contributed by atoms with Gasteiger partial charge in [0.15, 0.2) is 0 Å². The molecule has 0 saturated carbocycles. The zero-order valence-corrected chi connectivity index (χ0v) is 14.1. The van der Waals surface area contributed by atoms with E-state index >= 15 is 0 Å². The normalized spacial score (nSPS) is 14.6. The van der Waals surface area contributed by atoms with E-state index in [0.717, 1.165) is 6.42 Å². The summed E-state index contributed by atoms with van der Waals surface area (Å²) in [6.45, 7) is 16.0. The minimum Gasteiger partial charge on any atom is -0.299 e. The molecule has 0 radical (unpaired) electrons. The summed E-state index contributed by atoms with van der Waals surface area (Å²) in [6, 6.07) is 0. The average Bonchev–Trinajstić information content (AvgIpc) is 2.19. The lowest BCUT2D eigenvalue weighted by molar-refractivity contribution is -0.132. The minimum absolute atomic E-state index is 0.0197. The van der Waals surface area contributed by atoms with E-state index in [-0.39, 0.29) is 22.5 Å². The Labute approximate surface area is 119 Å². The summed E-state index contributed by atoms with van der Waals surface area (Å²) >= 11 is 0. The molecule has 19 heavy (non-hydrogen) atoms. The highest BCUT2D eigenvalue weighted by molar-refractivity contribution is 5.87. The Kier molecular flexibility index (Phi) is 6.44. The highest BCUT2D eigenvalue weighted by atomic mass is 16.1. The van der Waals surface area contributed by atoms with Crippen molar-refractivity contribution in [1.82, 2.24) is 0 Å². The van der Waals surface area contributed by atoms with Crippen molar-refractivity contribution in [3.8, 4) is 0 Å². The van der Waals surface area contributed by atoms with Crippen molar-refractivity contribution in [3.63, 3.8) is 0 Å². The summed E-state index contributed by atoms with van der Waals surface area (Å²) in [5, 5.41) is 0. The molecule has 0 unspecified atom stereocenters. The largest absolute Gasteiger partial charge is 0.299 e. The van der Waals surface area contributed by atoms with E-state index in [1.54, 1.807) is 0 Å². The molecule has 0 aromatic rings. The van der Waals surface area contributed by atoms with Crippen LogP contribution in [0.1, 0.15) is 74.7 Å². The van der Waals surface area contributed by atoms with Gasteiger partial charge >= 0.3 is 0 Å². The van der Waals surface area contributed by atoms with Crippen LogP contribution in [0.15, 0.2) is 0 Å². The summed E-state index contributed by atoms with van der Waals surface area (Å²) in [5.41, 5.74) is -0.614. The maximum Gasteiger partial charge on any atom is 0.141 e. The molecule has 1 atom stereocenters. The van der Waals surface area contributed by atoms with E-state index in [4.69, 9.17) is 0 Å². The fourth-order valence-electron chi connectivity index (χ4n) is 2.22. The molecule has 0 aromatic carbocycles. The quantitative estimate of drug-likeness (QED) is 0.702. The molecule has 0 aromatic heterocycles. The minimum atomic E-state index is -0.315. The smallest absolute Gasteiger partial charge is 0.141 e.